The van der Waals surface area contributed by atoms with Crippen LogP contribution in [0.5, 0.6) is 0 Å². The van der Waals surface area contributed by atoms with E-state index in [-0.39, 0.29) is 5.57 Å². The average Bonchev–Trinajstić information content (AvgIpc) is 2.60. The molecule has 1 N–H and O–H groups in total. The summed E-state index contributed by atoms with van der Waals surface area (Å²) in [6, 6.07) is 17.2. The molecule has 4 nitrogen and oxygen atoms in total. The van der Waals surface area contributed by atoms with Gasteiger partial charge in [0.1, 0.15) is 11.6 Å². The molecule has 0 spiro atoms. The van der Waals surface area contributed by atoms with Crippen molar-refractivity contribution in [3.8, 4) is 6.07 Å². The lowest BCUT2D eigenvalue weighted by molar-refractivity contribution is -0.112. The third kappa shape index (κ3) is 4.47. The summed E-state index contributed by atoms with van der Waals surface area (Å²) in [5.74, 6) is -0.404. The highest BCUT2D eigenvalue weighted by Crippen LogP contribution is 2.16. The van der Waals surface area contributed by atoms with Gasteiger partial charge in [0, 0.05) is 25.5 Å². The molecule has 24 heavy (non-hydrogen) atoms. The smallest absolute Gasteiger partial charge is 0.266 e. The number of nitriles is 1. The predicted molar refractivity (Wildman–Crippen MR) is 98.8 cm³/mol. The van der Waals surface area contributed by atoms with Crippen molar-refractivity contribution in [1.82, 2.24) is 0 Å². The van der Waals surface area contributed by atoms with Gasteiger partial charge in [0.25, 0.3) is 5.91 Å². The van der Waals surface area contributed by atoms with Crippen LogP contribution in [0, 0.1) is 11.3 Å². The van der Waals surface area contributed by atoms with Crippen LogP contribution in [-0.2, 0) is 11.2 Å². The molecule has 0 aromatic heterocycles. The number of hydrogen-bond acceptors (Lipinski definition) is 3. The Labute approximate surface area is 143 Å². The van der Waals surface area contributed by atoms with Gasteiger partial charge in [0.05, 0.1) is 0 Å². The van der Waals surface area contributed by atoms with Crippen LogP contribution in [0.2, 0.25) is 0 Å². The summed E-state index contributed by atoms with van der Waals surface area (Å²) in [6.07, 6.45) is 2.54. The molecule has 0 aliphatic heterocycles. The number of hydrogen-bond donors (Lipinski definition) is 1. The highest BCUT2D eigenvalue weighted by molar-refractivity contribution is 6.09. The number of nitrogens with zero attached hydrogens (tertiary/aromatic N) is 2. The van der Waals surface area contributed by atoms with E-state index in [9.17, 15) is 10.1 Å². The van der Waals surface area contributed by atoms with E-state index in [4.69, 9.17) is 0 Å². The van der Waals surface area contributed by atoms with Gasteiger partial charge in [-0.05, 0) is 47.9 Å². The summed E-state index contributed by atoms with van der Waals surface area (Å²) < 4.78 is 0. The molecule has 0 aliphatic carbocycles. The molecule has 0 saturated carbocycles. The molecule has 2 rings (SSSR count). The first-order chi connectivity index (χ1) is 11.5. The first-order valence-corrected chi connectivity index (χ1v) is 7.83. The minimum absolute atomic E-state index is 0.0761. The molecule has 0 heterocycles. The van der Waals surface area contributed by atoms with Gasteiger partial charge in [0.15, 0.2) is 0 Å². The van der Waals surface area contributed by atoms with Crippen LogP contribution < -0.4 is 10.2 Å². The van der Waals surface area contributed by atoms with E-state index >= 15 is 0 Å². The Morgan fingerprint density at radius 3 is 2.25 bits per heavy atom. The molecule has 0 saturated heterocycles. The maximum Gasteiger partial charge on any atom is 0.266 e. The van der Waals surface area contributed by atoms with Gasteiger partial charge in [-0.2, -0.15) is 5.26 Å². The van der Waals surface area contributed by atoms with Crippen LogP contribution in [0.4, 0.5) is 11.4 Å². The fraction of sp³-hybridized carbons (Fsp3) is 0.200. The first-order valence-electron chi connectivity index (χ1n) is 7.83. The second-order valence-electron chi connectivity index (χ2n) is 5.66. The maximum atomic E-state index is 12.3. The van der Waals surface area contributed by atoms with Crippen molar-refractivity contribution in [2.45, 2.75) is 13.3 Å². The summed E-state index contributed by atoms with van der Waals surface area (Å²) in [5.41, 5.74) is 3.83. The molecule has 2 aromatic carbocycles. The standard InChI is InChI=1S/C20H21N3O/c1-4-15-5-9-18(10-6-15)22-20(24)17(14-21)13-16-7-11-19(12-8-16)23(2)3/h5-13H,4H2,1-3H3,(H,22,24). The third-order valence-electron chi connectivity index (χ3n) is 3.71. The maximum absolute atomic E-state index is 12.3. The van der Waals surface area contributed by atoms with Crippen molar-refractivity contribution in [1.29, 1.82) is 5.26 Å². The van der Waals surface area contributed by atoms with Crippen LogP contribution in [0.25, 0.3) is 6.08 Å². The van der Waals surface area contributed by atoms with Crippen molar-refractivity contribution in [2.24, 2.45) is 0 Å². The molecule has 0 aliphatic rings. The van der Waals surface area contributed by atoms with Crippen LogP contribution in [0.15, 0.2) is 54.1 Å². The zero-order valence-electron chi connectivity index (χ0n) is 14.2. The molecular weight excluding hydrogens is 298 g/mol. The number of aryl methyl sites for hydroxylation is 1. The Balaban J connectivity index is 2.14. The lowest BCUT2D eigenvalue weighted by Gasteiger charge is -2.12. The molecular formula is C20H21N3O. The topological polar surface area (TPSA) is 56.1 Å². The summed E-state index contributed by atoms with van der Waals surface area (Å²) in [5, 5.41) is 12.0. The van der Waals surface area contributed by atoms with Crippen molar-refractivity contribution >= 4 is 23.4 Å². The molecule has 0 unspecified atom stereocenters. The van der Waals surface area contributed by atoms with E-state index in [2.05, 4.69) is 12.2 Å². The zero-order chi connectivity index (χ0) is 17.5. The number of amides is 1. The van der Waals surface area contributed by atoms with E-state index in [1.165, 1.54) is 5.56 Å². The third-order valence-corrected chi connectivity index (χ3v) is 3.71. The normalized spacial score (nSPS) is 10.8. The Kier molecular flexibility index (Phi) is 5.75. The summed E-state index contributed by atoms with van der Waals surface area (Å²) in [6.45, 7) is 2.08. The minimum atomic E-state index is -0.404. The summed E-state index contributed by atoms with van der Waals surface area (Å²) >= 11 is 0. The minimum Gasteiger partial charge on any atom is -0.378 e. The molecule has 4 heteroatoms. The van der Waals surface area contributed by atoms with Crippen molar-refractivity contribution < 1.29 is 4.79 Å². The van der Waals surface area contributed by atoms with Gasteiger partial charge < -0.3 is 10.2 Å². The number of carbonyl (C=O) groups is 1. The molecule has 1 amide bonds. The number of carbonyl (C=O) groups excluding carboxylic acids is 1. The van der Waals surface area contributed by atoms with Gasteiger partial charge in [-0.3, -0.25) is 4.79 Å². The van der Waals surface area contributed by atoms with Gasteiger partial charge in [0.2, 0.25) is 0 Å². The first kappa shape index (κ1) is 17.3. The highest BCUT2D eigenvalue weighted by Gasteiger charge is 2.09. The molecule has 0 atom stereocenters. The molecule has 0 bridgehead atoms. The fourth-order valence-electron chi connectivity index (χ4n) is 2.21. The van der Waals surface area contributed by atoms with E-state index in [1.807, 2.05) is 73.6 Å². The lowest BCUT2D eigenvalue weighted by Crippen LogP contribution is -2.13. The van der Waals surface area contributed by atoms with Crippen LogP contribution >= 0.6 is 0 Å². The molecule has 122 valence electrons. The predicted octanol–water partition coefficient (Wildman–Crippen LogP) is 3.86. The molecule has 0 fully saturated rings. The van der Waals surface area contributed by atoms with Crippen LogP contribution in [-0.4, -0.2) is 20.0 Å². The van der Waals surface area contributed by atoms with Crippen molar-refractivity contribution in [2.75, 3.05) is 24.3 Å². The second kappa shape index (κ2) is 7.98. The lowest BCUT2D eigenvalue weighted by atomic mass is 10.1. The van der Waals surface area contributed by atoms with E-state index < -0.39 is 5.91 Å². The number of nitrogens with one attached hydrogen (secondary N) is 1. The van der Waals surface area contributed by atoms with E-state index in [0.717, 1.165) is 17.7 Å². The molecule has 0 radical (unpaired) electrons. The monoisotopic (exact) mass is 319 g/mol. The van der Waals surface area contributed by atoms with Crippen molar-refractivity contribution in [3.05, 3.63) is 65.2 Å². The van der Waals surface area contributed by atoms with Gasteiger partial charge in [-0.25, -0.2) is 0 Å². The van der Waals surface area contributed by atoms with Gasteiger partial charge in [-0.1, -0.05) is 31.2 Å². The highest BCUT2D eigenvalue weighted by atomic mass is 16.1. The Morgan fingerprint density at radius 2 is 1.75 bits per heavy atom. The largest absolute Gasteiger partial charge is 0.378 e. The number of anilines is 2. The van der Waals surface area contributed by atoms with Gasteiger partial charge in [-0.15, -0.1) is 0 Å². The summed E-state index contributed by atoms with van der Waals surface area (Å²) in [4.78, 5) is 14.3. The van der Waals surface area contributed by atoms with E-state index in [0.29, 0.717) is 5.69 Å². The second-order valence-corrected chi connectivity index (χ2v) is 5.66. The van der Waals surface area contributed by atoms with Gasteiger partial charge >= 0.3 is 0 Å². The molecule has 2 aromatic rings. The van der Waals surface area contributed by atoms with Crippen LogP contribution in [0.3, 0.4) is 0 Å². The Bertz CT molecular complexity index is 766. The summed E-state index contributed by atoms with van der Waals surface area (Å²) in [7, 11) is 3.92. The number of rotatable bonds is 5. The average molecular weight is 319 g/mol. The van der Waals surface area contributed by atoms with Crippen LogP contribution in [0.1, 0.15) is 18.1 Å². The Morgan fingerprint density at radius 1 is 1.12 bits per heavy atom. The zero-order valence-corrected chi connectivity index (χ0v) is 14.2. The van der Waals surface area contributed by atoms with E-state index in [1.54, 1.807) is 6.08 Å². The SMILES string of the molecule is CCc1ccc(NC(=O)C(C#N)=Cc2ccc(N(C)C)cc2)cc1. The fourth-order valence-corrected chi connectivity index (χ4v) is 2.21. The quantitative estimate of drug-likeness (QED) is 0.672. The number of benzene rings is 2. The van der Waals surface area contributed by atoms with Crippen molar-refractivity contribution in [3.63, 3.8) is 0 Å². The Hall–Kier alpha value is -3.06.